The Bertz CT molecular complexity index is 389. The van der Waals surface area contributed by atoms with Crippen molar-refractivity contribution >= 4 is 11.0 Å². The fourth-order valence-corrected chi connectivity index (χ4v) is 1.14. The van der Waals surface area contributed by atoms with E-state index in [1.165, 1.54) is 0 Å². The zero-order chi connectivity index (χ0) is 7.84. The highest BCUT2D eigenvalue weighted by Crippen LogP contribution is 2.09. The van der Waals surface area contributed by atoms with Gasteiger partial charge in [0.25, 0.3) is 0 Å². The first-order valence-corrected chi connectivity index (χ1v) is 3.52. The van der Waals surface area contributed by atoms with Crippen molar-refractivity contribution in [1.29, 1.82) is 0 Å². The molecule has 2 rings (SSSR count). The molecule has 3 nitrogen and oxygen atoms in total. The lowest BCUT2D eigenvalue weighted by molar-refractivity contribution is 0.958. The number of aryl methyl sites for hydroxylation is 2. The Balaban J connectivity index is 2.86. The van der Waals surface area contributed by atoms with Gasteiger partial charge in [0.2, 0.25) is 0 Å². The van der Waals surface area contributed by atoms with Crippen LogP contribution < -0.4 is 0 Å². The van der Waals surface area contributed by atoms with Crippen LogP contribution in [0.4, 0.5) is 0 Å². The minimum Gasteiger partial charge on any atom is -0.348 e. The Labute approximate surface area is 64.7 Å². The van der Waals surface area contributed by atoms with Crippen LogP contribution in [-0.2, 0) is 7.05 Å². The first-order chi connectivity index (χ1) is 5.27. The number of nitrogens with zero attached hydrogens (tertiary/aromatic N) is 3. The molecule has 56 valence electrons. The van der Waals surface area contributed by atoms with E-state index in [2.05, 4.69) is 9.97 Å². The lowest BCUT2D eigenvalue weighted by Gasteiger charge is -1.94. The van der Waals surface area contributed by atoms with E-state index in [-0.39, 0.29) is 0 Å². The maximum atomic E-state index is 4.26. The van der Waals surface area contributed by atoms with Gasteiger partial charge in [-0.15, -0.1) is 0 Å². The van der Waals surface area contributed by atoms with E-state index in [4.69, 9.17) is 0 Å². The zero-order valence-corrected chi connectivity index (χ0v) is 6.57. The minimum atomic E-state index is 0.823. The van der Waals surface area contributed by atoms with E-state index >= 15 is 0 Å². The maximum absolute atomic E-state index is 4.26. The maximum Gasteiger partial charge on any atom is 0.126 e. The van der Waals surface area contributed by atoms with E-state index in [1.807, 2.05) is 37.0 Å². The summed E-state index contributed by atoms with van der Waals surface area (Å²) in [6.07, 6.45) is 3.83. The van der Waals surface area contributed by atoms with Crippen molar-refractivity contribution in [3.8, 4) is 0 Å². The van der Waals surface area contributed by atoms with E-state index in [1.54, 1.807) is 0 Å². The molecule has 0 radical (unpaired) electrons. The van der Waals surface area contributed by atoms with Crippen molar-refractivity contribution in [3.05, 3.63) is 24.3 Å². The molecule has 0 atom stereocenters. The highest BCUT2D eigenvalue weighted by Gasteiger charge is 1.97. The summed E-state index contributed by atoms with van der Waals surface area (Å²) in [5.74, 6) is 0.823. The zero-order valence-electron chi connectivity index (χ0n) is 6.57. The third kappa shape index (κ3) is 0.888. The van der Waals surface area contributed by atoms with Crippen molar-refractivity contribution in [2.75, 3.05) is 0 Å². The van der Waals surface area contributed by atoms with Gasteiger partial charge in [0.1, 0.15) is 5.82 Å². The monoisotopic (exact) mass is 147 g/mol. The summed E-state index contributed by atoms with van der Waals surface area (Å²) in [4.78, 5) is 8.37. The average Bonchev–Trinajstić information content (AvgIpc) is 2.32. The summed E-state index contributed by atoms with van der Waals surface area (Å²) in [6, 6.07) is 1.99. The molecule has 2 aromatic rings. The smallest absolute Gasteiger partial charge is 0.126 e. The molecule has 0 amide bonds. The number of aromatic nitrogens is 3. The molecule has 2 aromatic heterocycles. The Morgan fingerprint density at radius 1 is 1.45 bits per heavy atom. The highest BCUT2D eigenvalue weighted by atomic mass is 15.0. The normalized spacial score (nSPS) is 10.7. The van der Waals surface area contributed by atoms with Crippen LogP contribution in [0.2, 0.25) is 0 Å². The summed E-state index contributed by atoms with van der Waals surface area (Å²) in [6.45, 7) is 1.90. The van der Waals surface area contributed by atoms with Gasteiger partial charge in [0.05, 0.1) is 17.2 Å². The van der Waals surface area contributed by atoms with Crippen molar-refractivity contribution < 1.29 is 0 Å². The van der Waals surface area contributed by atoms with Gasteiger partial charge >= 0.3 is 0 Å². The largest absolute Gasteiger partial charge is 0.348 e. The Kier molecular flexibility index (Phi) is 1.18. The van der Waals surface area contributed by atoms with E-state index in [0.717, 1.165) is 16.9 Å². The molecule has 0 saturated heterocycles. The second kappa shape index (κ2) is 2.05. The predicted molar refractivity (Wildman–Crippen MR) is 43.2 cm³/mol. The third-order valence-corrected chi connectivity index (χ3v) is 1.75. The van der Waals surface area contributed by atoms with Crippen molar-refractivity contribution in [2.45, 2.75) is 6.92 Å². The Hall–Kier alpha value is -1.38. The molecule has 3 heteroatoms. The SMILES string of the molecule is Cc1ncc2c(ccn2C)n1. The van der Waals surface area contributed by atoms with Gasteiger partial charge in [-0.05, 0) is 13.0 Å². The molecular weight excluding hydrogens is 138 g/mol. The van der Waals surface area contributed by atoms with Gasteiger partial charge in [-0.2, -0.15) is 0 Å². The molecule has 2 heterocycles. The van der Waals surface area contributed by atoms with Crippen molar-refractivity contribution in [2.24, 2.45) is 7.05 Å². The fraction of sp³-hybridized carbons (Fsp3) is 0.250. The molecule has 0 aromatic carbocycles. The lowest BCUT2D eigenvalue weighted by Crippen LogP contribution is -1.89. The molecule has 0 fully saturated rings. The van der Waals surface area contributed by atoms with Gasteiger partial charge < -0.3 is 4.57 Å². The van der Waals surface area contributed by atoms with Gasteiger partial charge in [-0.25, -0.2) is 9.97 Å². The predicted octanol–water partition coefficient (Wildman–Crippen LogP) is 1.28. The molecular formula is C8H9N3. The first-order valence-electron chi connectivity index (χ1n) is 3.52. The molecule has 0 aliphatic heterocycles. The molecule has 11 heavy (non-hydrogen) atoms. The number of fused-ring (bicyclic) bond motifs is 1. The highest BCUT2D eigenvalue weighted by molar-refractivity contribution is 5.74. The van der Waals surface area contributed by atoms with Gasteiger partial charge in [-0.3, -0.25) is 0 Å². The number of hydrogen-bond acceptors (Lipinski definition) is 2. The minimum absolute atomic E-state index is 0.823. The number of hydrogen-bond donors (Lipinski definition) is 0. The quantitative estimate of drug-likeness (QED) is 0.562. The molecule has 0 unspecified atom stereocenters. The summed E-state index contributed by atoms with van der Waals surface area (Å²) in [7, 11) is 1.99. The van der Waals surface area contributed by atoms with E-state index in [0.29, 0.717) is 0 Å². The van der Waals surface area contributed by atoms with Gasteiger partial charge in [0, 0.05) is 13.2 Å². The standard InChI is InChI=1S/C8H9N3/c1-6-9-5-8-7(10-6)3-4-11(8)2/h3-5H,1-2H3. The van der Waals surface area contributed by atoms with Crippen LogP contribution in [0, 0.1) is 6.92 Å². The molecule has 0 N–H and O–H groups in total. The third-order valence-electron chi connectivity index (χ3n) is 1.75. The van der Waals surface area contributed by atoms with Gasteiger partial charge in [0.15, 0.2) is 0 Å². The molecule has 0 saturated carbocycles. The molecule has 0 aliphatic carbocycles. The summed E-state index contributed by atoms with van der Waals surface area (Å²) < 4.78 is 2.01. The Morgan fingerprint density at radius 2 is 2.27 bits per heavy atom. The van der Waals surface area contributed by atoms with E-state index in [9.17, 15) is 0 Å². The topological polar surface area (TPSA) is 30.7 Å². The number of rotatable bonds is 0. The van der Waals surface area contributed by atoms with E-state index < -0.39 is 0 Å². The second-order valence-electron chi connectivity index (χ2n) is 2.61. The van der Waals surface area contributed by atoms with Crippen LogP contribution in [0.25, 0.3) is 11.0 Å². The molecule has 0 bridgehead atoms. The van der Waals surface area contributed by atoms with Gasteiger partial charge in [-0.1, -0.05) is 0 Å². The van der Waals surface area contributed by atoms with Crippen LogP contribution in [0.1, 0.15) is 5.82 Å². The van der Waals surface area contributed by atoms with Crippen LogP contribution in [-0.4, -0.2) is 14.5 Å². The van der Waals surface area contributed by atoms with Crippen molar-refractivity contribution in [3.63, 3.8) is 0 Å². The van der Waals surface area contributed by atoms with Crippen LogP contribution in [0.15, 0.2) is 18.5 Å². The van der Waals surface area contributed by atoms with Crippen LogP contribution in [0.5, 0.6) is 0 Å². The summed E-state index contributed by atoms with van der Waals surface area (Å²) >= 11 is 0. The average molecular weight is 147 g/mol. The second-order valence-corrected chi connectivity index (χ2v) is 2.61. The van der Waals surface area contributed by atoms with Crippen LogP contribution >= 0.6 is 0 Å². The summed E-state index contributed by atoms with van der Waals surface area (Å²) in [5, 5.41) is 0. The van der Waals surface area contributed by atoms with Crippen LogP contribution in [0.3, 0.4) is 0 Å². The molecule has 0 aliphatic rings. The molecule has 0 spiro atoms. The fourth-order valence-electron chi connectivity index (χ4n) is 1.14. The summed E-state index contributed by atoms with van der Waals surface area (Å²) in [5.41, 5.74) is 2.09. The Morgan fingerprint density at radius 3 is 3.09 bits per heavy atom. The van der Waals surface area contributed by atoms with Crippen molar-refractivity contribution in [1.82, 2.24) is 14.5 Å². The lowest BCUT2D eigenvalue weighted by atomic mass is 10.4. The first kappa shape index (κ1) is 6.34.